The number of rotatable bonds is 0. The Hall–Kier alpha value is -1.18. The highest BCUT2D eigenvalue weighted by atomic mass is 15.0. The molecule has 0 saturated carbocycles. The lowest BCUT2D eigenvalue weighted by molar-refractivity contribution is 0.580. The molecule has 0 amide bonds. The monoisotopic (exact) mass is 160 g/mol. The highest BCUT2D eigenvalue weighted by molar-refractivity contribution is 5.75. The van der Waals surface area contributed by atoms with Crippen molar-refractivity contribution in [2.24, 2.45) is 0 Å². The van der Waals surface area contributed by atoms with Gasteiger partial charge in [0.1, 0.15) is 0 Å². The first-order chi connectivity index (χ1) is 5.80. The van der Waals surface area contributed by atoms with E-state index in [1.807, 2.05) is 0 Å². The third kappa shape index (κ3) is 0.568. The summed E-state index contributed by atoms with van der Waals surface area (Å²) in [6.45, 7) is 4.47. The van der Waals surface area contributed by atoms with Gasteiger partial charge in [0.05, 0.1) is 0 Å². The van der Waals surface area contributed by atoms with Gasteiger partial charge < -0.3 is 10.6 Å². The zero-order valence-electron chi connectivity index (χ0n) is 7.15. The van der Waals surface area contributed by atoms with Gasteiger partial charge in [0.2, 0.25) is 0 Å². The largest absolute Gasteiger partial charge is 0.384 e. The summed E-state index contributed by atoms with van der Waals surface area (Å²) in [4.78, 5) is 0. The van der Waals surface area contributed by atoms with Crippen LogP contribution in [0, 0.1) is 0 Å². The normalized spacial score (nSPS) is 21.4. The Kier molecular flexibility index (Phi) is 0.932. The lowest BCUT2D eigenvalue weighted by Gasteiger charge is -2.15. The van der Waals surface area contributed by atoms with Gasteiger partial charge in [0.15, 0.2) is 0 Å². The molecule has 0 spiro atoms. The average Bonchev–Trinajstić information content (AvgIpc) is 2.58. The molecule has 0 radical (unpaired) electrons. The second-order valence-electron chi connectivity index (χ2n) is 4.00. The van der Waals surface area contributed by atoms with Gasteiger partial charge in [-0.15, -0.1) is 0 Å². The van der Waals surface area contributed by atoms with Crippen LogP contribution in [-0.4, -0.2) is 13.1 Å². The van der Waals surface area contributed by atoms with Crippen LogP contribution in [0.4, 0.5) is 11.4 Å². The third-order valence-corrected chi connectivity index (χ3v) is 3.01. The van der Waals surface area contributed by atoms with Gasteiger partial charge in [-0.2, -0.15) is 0 Å². The molecule has 0 aliphatic carbocycles. The van der Waals surface area contributed by atoms with Crippen LogP contribution < -0.4 is 10.6 Å². The van der Waals surface area contributed by atoms with Crippen LogP contribution in [0.15, 0.2) is 18.2 Å². The fourth-order valence-corrected chi connectivity index (χ4v) is 2.32. The van der Waals surface area contributed by atoms with E-state index in [0.29, 0.717) is 5.41 Å². The Morgan fingerprint density at radius 3 is 2.33 bits per heavy atom. The number of anilines is 2. The summed E-state index contributed by atoms with van der Waals surface area (Å²) in [7, 11) is 0. The van der Waals surface area contributed by atoms with Gasteiger partial charge in [0.25, 0.3) is 0 Å². The van der Waals surface area contributed by atoms with Crippen LogP contribution in [0.25, 0.3) is 0 Å². The molecule has 2 heteroatoms. The van der Waals surface area contributed by atoms with Gasteiger partial charge in [-0.25, -0.2) is 0 Å². The number of benzene rings is 1. The van der Waals surface area contributed by atoms with Crippen LogP contribution >= 0.6 is 0 Å². The van der Waals surface area contributed by atoms with Crippen LogP contribution in [0.5, 0.6) is 0 Å². The summed E-state index contributed by atoms with van der Waals surface area (Å²) in [5.41, 5.74) is 4.47. The Bertz CT molecular complexity index is 317. The second kappa shape index (κ2) is 1.76. The predicted octanol–water partition coefficient (Wildman–Crippen LogP) is 1.80. The van der Waals surface area contributed by atoms with Crippen molar-refractivity contribution in [2.75, 3.05) is 23.7 Å². The second-order valence-corrected chi connectivity index (χ2v) is 4.00. The first kappa shape index (κ1) is 6.35. The van der Waals surface area contributed by atoms with Crippen molar-refractivity contribution >= 4 is 11.4 Å². The highest BCUT2D eigenvalue weighted by Gasteiger charge is 2.40. The van der Waals surface area contributed by atoms with Gasteiger partial charge in [-0.3, -0.25) is 0 Å². The van der Waals surface area contributed by atoms with Crippen LogP contribution in [0.1, 0.15) is 12.5 Å². The van der Waals surface area contributed by atoms with E-state index in [9.17, 15) is 0 Å². The molecule has 1 aromatic rings. The van der Waals surface area contributed by atoms with Crippen LogP contribution in [0.2, 0.25) is 0 Å². The summed E-state index contributed by atoms with van der Waals surface area (Å²) in [5.74, 6) is 0. The molecule has 2 N–H and O–H groups in total. The summed E-state index contributed by atoms with van der Waals surface area (Å²) in [5, 5.41) is 6.88. The molecule has 2 nitrogen and oxygen atoms in total. The molecule has 2 aliphatic rings. The maximum absolute atomic E-state index is 3.44. The molecule has 12 heavy (non-hydrogen) atoms. The Morgan fingerprint density at radius 2 is 1.75 bits per heavy atom. The number of nitrogens with one attached hydrogen (secondary N) is 2. The third-order valence-electron chi connectivity index (χ3n) is 3.01. The molecule has 0 fully saturated rings. The van der Waals surface area contributed by atoms with Crippen molar-refractivity contribution in [1.29, 1.82) is 0 Å². The van der Waals surface area contributed by atoms with Gasteiger partial charge >= 0.3 is 0 Å². The lowest BCUT2D eigenvalue weighted by Crippen LogP contribution is -2.27. The van der Waals surface area contributed by atoms with Crippen molar-refractivity contribution in [1.82, 2.24) is 0 Å². The van der Waals surface area contributed by atoms with Crippen molar-refractivity contribution < 1.29 is 0 Å². The minimum atomic E-state index is 0.339. The predicted molar refractivity (Wildman–Crippen MR) is 50.8 cm³/mol. The topological polar surface area (TPSA) is 24.1 Å². The molecule has 2 aliphatic heterocycles. The molecular weight excluding hydrogens is 148 g/mol. The summed E-state index contributed by atoms with van der Waals surface area (Å²) < 4.78 is 0. The van der Waals surface area contributed by atoms with E-state index in [0.717, 1.165) is 13.1 Å². The fraction of sp³-hybridized carbons (Fsp3) is 0.400. The van der Waals surface area contributed by atoms with Gasteiger partial charge in [-0.1, -0.05) is 13.0 Å². The molecule has 2 heterocycles. The van der Waals surface area contributed by atoms with Gasteiger partial charge in [0, 0.05) is 35.4 Å². The van der Waals surface area contributed by atoms with E-state index < -0.39 is 0 Å². The maximum Gasteiger partial charge on any atom is 0.0400 e. The maximum atomic E-state index is 3.44. The molecule has 0 aromatic heterocycles. The van der Waals surface area contributed by atoms with E-state index in [4.69, 9.17) is 0 Å². The van der Waals surface area contributed by atoms with Gasteiger partial charge in [-0.05, 0) is 12.1 Å². The van der Waals surface area contributed by atoms with Crippen molar-refractivity contribution in [3.8, 4) is 0 Å². The smallest absolute Gasteiger partial charge is 0.0400 e. The molecule has 0 unspecified atom stereocenters. The number of hydrogen-bond acceptors (Lipinski definition) is 2. The fourth-order valence-electron chi connectivity index (χ4n) is 2.32. The van der Waals surface area contributed by atoms with E-state index in [-0.39, 0.29) is 0 Å². The van der Waals surface area contributed by atoms with E-state index >= 15 is 0 Å². The summed E-state index contributed by atoms with van der Waals surface area (Å²) in [6.07, 6.45) is 0. The minimum Gasteiger partial charge on any atom is -0.384 e. The van der Waals surface area contributed by atoms with E-state index in [1.165, 1.54) is 16.9 Å². The molecule has 62 valence electrons. The van der Waals surface area contributed by atoms with Crippen LogP contribution in [-0.2, 0) is 5.41 Å². The van der Waals surface area contributed by atoms with Crippen molar-refractivity contribution in [3.63, 3.8) is 0 Å². The Labute approximate surface area is 72.0 Å². The standard InChI is InChI=1S/C10H12N2/c1-10-5-11-7-3-2-4-8(9(7)10)12-6-10/h2-4,11-12H,5-6H2,1H3. The minimum absolute atomic E-state index is 0.339. The molecule has 1 aromatic carbocycles. The first-order valence-electron chi connectivity index (χ1n) is 4.41. The zero-order chi connectivity index (χ0) is 8.18. The molecular formula is C10H12N2. The zero-order valence-corrected chi connectivity index (χ0v) is 7.15. The van der Waals surface area contributed by atoms with E-state index in [1.54, 1.807) is 0 Å². The van der Waals surface area contributed by atoms with E-state index in [2.05, 4.69) is 35.8 Å². The lowest BCUT2D eigenvalue weighted by atomic mass is 9.87. The molecule has 3 rings (SSSR count). The summed E-state index contributed by atoms with van der Waals surface area (Å²) >= 11 is 0. The highest BCUT2D eigenvalue weighted by Crippen LogP contribution is 2.45. The SMILES string of the molecule is CC12CNc3cccc(c31)NC2. The Morgan fingerprint density at radius 1 is 1.17 bits per heavy atom. The average molecular weight is 160 g/mol. The molecule has 0 saturated heterocycles. The Balaban J connectivity index is 2.33. The molecule has 0 atom stereocenters. The summed E-state index contributed by atoms with van der Waals surface area (Å²) in [6, 6.07) is 6.43. The number of hydrogen-bond donors (Lipinski definition) is 2. The van der Waals surface area contributed by atoms with Crippen LogP contribution in [0.3, 0.4) is 0 Å². The van der Waals surface area contributed by atoms with Crippen molar-refractivity contribution in [2.45, 2.75) is 12.3 Å². The first-order valence-corrected chi connectivity index (χ1v) is 4.41. The molecule has 0 bridgehead atoms. The quantitative estimate of drug-likeness (QED) is 0.604. The van der Waals surface area contributed by atoms with Crippen molar-refractivity contribution in [3.05, 3.63) is 23.8 Å².